The third-order valence-electron chi connectivity index (χ3n) is 1.75. The van der Waals surface area contributed by atoms with Gasteiger partial charge in [-0.2, -0.15) is 5.26 Å². The predicted molar refractivity (Wildman–Crippen MR) is 49.0 cm³/mol. The molecule has 1 rings (SSSR count). The first-order chi connectivity index (χ1) is 6.70. The van der Waals surface area contributed by atoms with Gasteiger partial charge in [-0.15, -0.1) is 0 Å². The summed E-state index contributed by atoms with van der Waals surface area (Å²) in [5, 5.41) is 19.2. The third-order valence-corrected chi connectivity index (χ3v) is 1.75. The molecule has 0 heterocycles. The van der Waals surface area contributed by atoms with Crippen LogP contribution in [0.3, 0.4) is 0 Å². The van der Waals surface area contributed by atoms with Gasteiger partial charge in [-0.05, 0) is 6.07 Å². The van der Waals surface area contributed by atoms with Crippen LogP contribution in [0.5, 0.6) is 5.75 Å². The van der Waals surface area contributed by atoms with Gasteiger partial charge in [-0.25, -0.2) is 0 Å². The van der Waals surface area contributed by atoms with Crippen molar-refractivity contribution in [1.29, 1.82) is 5.26 Å². The predicted octanol–water partition coefficient (Wildman–Crippen LogP) is 1.67. The van der Waals surface area contributed by atoms with Gasteiger partial charge in [0, 0.05) is 5.56 Å². The number of nitro groups is 1. The molecule has 0 amide bonds. The molecule has 0 atom stereocenters. The molecular weight excluding hydrogens is 184 g/mol. The Kier molecular flexibility index (Phi) is 3.02. The molecule has 0 saturated carbocycles. The fraction of sp³-hybridized carbons (Fsp3) is 0.222. The minimum absolute atomic E-state index is 0.00745. The summed E-state index contributed by atoms with van der Waals surface area (Å²) in [6, 6.07) is 6.54. The number of nitriles is 1. The van der Waals surface area contributed by atoms with Crippen molar-refractivity contribution >= 4 is 5.69 Å². The topological polar surface area (TPSA) is 76.2 Å². The number of ether oxygens (including phenoxy) is 1. The number of para-hydroxylation sites is 1. The summed E-state index contributed by atoms with van der Waals surface area (Å²) in [5.41, 5.74) is 0.244. The first-order valence-corrected chi connectivity index (χ1v) is 3.88. The molecule has 14 heavy (non-hydrogen) atoms. The van der Waals surface area contributed by atoms with Gasteiger partial charge in [0.2, 0.25) is 0 Å². The monoisotopic (exact) mass is 192 g/mol. The van der Waals surface area contributed by atoms with Crippen molar-refractivity contribution in [2.45, 2.75) is 6.42 Å². The number of rotatable bonds is 3. The molecule has 0 bridgehead atoms. The van der Waals surface area contributed by atoms with E-state index in [0.29, 0.717) is 5.56 Å². The second kappa shape index (κ2) is 4.23. The number of methoxy groups -OCH3 is 1. The summed E-state index contributed by atoms with van der Waals surface area (Å²) in [6.45, 7) is 0. The van der Waals surface area contributed by atoms with E-state index in [4.69, 9.17) is 10.00 Å². The van der Waals surface area contributed by atoms with E-state index in [0.717, 1.165) is 0 Å². The summed E-state index contributed by atoms with van der Waals surface area (Å²) < 4.78 is 4.84. The molecule has 0 saturated heterocycles. The van der Waals surface area contributed by atoms with Gasteiger partial charge in [-0.1, -0.05) is 12.1 Å². The highest BCUT2D eigenvalue weighted by molar-refractivity contribution is 5.53. The maximum absolute atomic E-state index is 10.7. The summed E-state index contributed by atoms with van der Waals surface area (Å²) in [7, 11) is 1.36. The van der Waals surface area contributed by atoms with Crippen LogP contribution in [-0.2, 0) is 6.42 Å². The normalized spacial score (nSPS) is 9.14. The van der Waals surface area contributed by atoms with Gasteiger partial charge < -0.3 is 4.74 Å². The lowest BCUT2D eigenvalue weighted by Crippen LogP contribution is -1.98. The van der Waals surface area contributed by atoms with E-state index in [1.54, 1.807) is 12.1 Å². The van der Waals surface area contributed by atoms with E-state index >= 15 is 0 Å². The van der Waals surface area contributed by atoms with Crippen molar-refractivity contribution in [3.05, 3.63) is 33.9 Å². The van der Waals surface area contributed by atoms with Crippen molar-refractivity contribution < 1.29 is 9.66 Å². The molecule has 72 valence electrons. The molecule has 0 aromatic heterocycles. The number of hydrogen-bond acceptors (Lipinski definition) is 4. The van der Waals surface area contributed by atoms with E-state index in [2.05, 4.69) is 0 Å². The largest absolute Gasteiger partial charge is 0.490 e. The van der Waals surface area contributed by atoms with Crippen LogP contribution in [0.4, 0.5) is 5.69 Å². The summed E-state index contributed by atoms with van der Waals surface area (Å²) in [5.74, 6) is 0.183. The summed E-state index contributed by atoms with van der Waals surface area (Å²) in [6.07, 6.45) is 0.00745. The maximum Gasteiger partial charge on any atom is 0.315 e. The Morgan fingerprint density at radius 3 is 2.86 bits per heavy atom. The molecule has 5 nitrogen and oxygen atoms in total. The zero-order valence-corrected chi connectivity index (χ0v) is 7.56. The molecule has 0 aliphatic carbocycles. The van der Waals surface area contributed by atoms with Crippen LogP contribution >= 0.6 is 0 Å². The second-order valence-corrected chi connectivity index (χ2v) is 2.56. The van der Waals surface area contributed by atoms with Crippen LogP contribution in [0, 0.1) is 21.4 Å². The van der Waals surface area contributed by atoms with Gasteiger partial charge in [0.1, 0.15) is 0 Å². The minimum Gasteiger partial charge on any atom is -0.490 e. The van der Waals surface area contributed by atoms with E-state index in [9.17, 15) is 10.1 Å². The van der Waals surface area contributed by atoms with Gasteiger partial charge in [-0.3, -0.25) is 10.1 Å². The molecule has 0 N–H and O–H groups in total. The van der Waals surface area contributed by atoms with E-state index in [-0.39, 0.29) is 17.9 Å². The zero-order valence-electron chi connectivity index (χ0n) is 7.56. The highest BCUT2D eigenvalue weighted by Crippen LogP contribution is 2.30. The van der Waals surface area contributed by atoms with Gasteiger partial charge in [0.05, 0.1) is 24.5 Å². The zero-order chi connectivity index (χ0) is 10.6. The van der Waals surface area contributed by atoms with Crippen LogP contribution in [0.2, 0.25) is 0 Å². The van der Waals surface area contributed by atoms with E-state index < -0.39 is 4.92 Å². The van der Waals surface area contributed by atoms with Crippen LogP contribution in [0.15, 0.2) is 18.2 Å². The molecular formula is C9H8N2O3. The summed E-state index contributed by atoms with van der Waals surface area (Å²) in [4.78, 5) is 10.2. The fourth-order valence-electron chi connectivity index (χ4n) is 1.17. The minimum atomic E-state index is -0.536. The van der Waals surface area contributed by atoms with E-state index in [1.807, 2.05) is 6.07 Å². The van der Waals surface area contributed by atoms with Crippen molar-refractivity contribution in [1.82, 2.24) is 0 Å². The summed E-state index contributed by atoms with van der Waals surface area (Å²) >= 11 is 0. The van der Waals surface area contributed by atoms with Crippen LogP contribution in [0.1, 0.15) is 5.56 Å². The standard InChI is InChI=1S/C9H8N2O3/c1-14-8-4-2-3-7(5-6-10)9(8)11(12)13/h2-4H,5H2,1H3. The van der Waals surface area contributed by atoms with Gasteiger partial charge in [0.25, 0.3) is 0 Å². The Balaban J connectivity index is 3.29. The van der Waals surface area contributed by atoms with Crippen molar-refractivity contribution in [3.63, 3.8) is 0 Å². The van der Waals surface area contributed by atoms with Crippen molar-refractivity contribution in [3.8, 4) is 11.8 Å². The van der Waals surface area contributed by atoms with Crippen LogP contribution in [-0.4, -0.2) is 12.0 Å². The Hall–Kier alpha value is -2.09. The van der Waals surface area contributed by atoms with Crippen LogP contribution in [0.25, 0.3) is 0 Å². The number of hydrogen-bond donors (Lipinski definition) is 0. The number of benzene rings is 1. The average molecular weight is 192 g/mol. The van der Waals surface area contributed by atoms with Gasteiger partial charge >= 0.3 is 5.69 Å². The third kappa shape index (κ3) is 1.80. The molecule has 5 heteroatoms. The molecule has 0 unspecified atom stereocenters. The van der Waals surface area contributed by atoms with Crippen LogP contribution < -0.4 is 4.74 Å². The first-order valence-electron chi connectivity index (χ1n) is 3.88. The number of nitrogens with zero attached hydrogens (tertiary/aromatic N) is 2. The number of nitro benzene ring substituents is 1. The smallest absolute Gasteiger partial charge is 0.315 e. The lowest BCUT2D eigenvalue weighted by molar-refractivity contribution is -0.386. The molecule has 1 aromatic rings. The Labute approximate surface area is 80.7 Å². The fourth-order valence-corrected chi connectivity index (χ4v) is 1.17. The SMILES string of the molecule is COc1cccc(CC#N)c1[N+](=O)[O-]. The second-order valence-electron chi connectivity index (χ2n) is 2.56. The average Bonchev–Trinajstić information content (AvgIpc) is 2.17. The van der Waals surface area contributed by atoms with E-state index in [1.165, 1.54) is 13.2 Å². The van der Waals surface area contributed by atoms with Crippen molar-refractivity contribution in [2.75, 3.05) is 7.11 Å². The lowest BCUT2D eigenvalue weighted by atomic mass is 10.1. The highest BCUT2D eigenvalue weighted by Gasteiger charge is 2.19. The molecule has 0 aliphatic rings. The Morgan fingerprint density at radius 2 is 2.36 bits per heavy atom. The lowest BCUT2D eigenvalue weighted by Gasteiger charge is -2.03. The quantitative estimate of drug-likeness (QED) is 0.539. The molecule has 0 aliphatic heterocycles. The molecule has 0 radical (unpaired) electrons. The maximum atomic E-state index is 10.7. The van der Waals surface area contributed by atoms with Gasteiger partial charge in [0.15, 0.2) is 5.75 Å². The Bertz CT molecular complexity index is 396. The highest BCUT2D eigenvalue weighted by atomic mass is 16.6. The molecule has 0 fully saturated rings. The Morgan fingerprint density at radius 1 is 1.64 bits per heavy atom. The molecule has 1 aromatic carbocycles. The van der Waals surface area contributed by atoms with Crippen molar-refractivity contribution in [2.24, 2.45) is 0 Å². The molecule has 0 spiro atoms. The first kappa shape index (κ1) is 9.99.